The number of carbonyl (C=O) groups excluding carboxylic acids is 2. The maximum absolute atomic E-state index is 12.1. The second-order valence-electron chi connectivity index (χ2n) is 5.14. The number of hydrogen-bond donors (Lipinski definition) is 3. The zero-order valence-electron chi connectivity index (χ0n) is 12.8. The van der Waals surface area contributed by atoms with Crippen LogP contribution in [0.25, 0.3) is 0 Å². The molecule has 3 N–H and O–H groups in total. The highest BCUT2D eigenvalue weighted by Gasteiger charge is 2.17. The van der Waals surface area contributed by atoms with Crippen LogP contribution < -0.4 is 16.0 Å². The van der Waals surface area contributed by atoms with Crippen LogP contribution in [0.3, 0.4) is 0 Å². The lowest BCUT2D eigenvalue weighted by Crippen LogP contribution is -2.39. The van der Waals surface area contributed by atoms with Crippen LogP contribution in [0.2, 0.25) is 0 Å². The SMILES string of the molecule is CC(=O)Nc1cccc(NC(=O)CC2CSCCN2)c1C.Cl. The summed E-state index contributed by atoms with van der Waals surface area (Å²) in [4.78, 5) is 23.3. The Hall–Kier alpha value is -1.24. The van der Waals surface area contributed by atoms with E-state index in [-0.39, 0.29) is 30.3 Å². The zero-order valence-corrected chi connectivity index (χ0v) is 14.4. The zero-order chi connectivity index (χ0) is 15.2. The smallest absolute Gasteiger partial charge is 0.225 e. The number of amides is 2. The van der Waals surface area contributed by atoms with Gasteiger partial charge < -0.3 is 16.0 Å². The van der Waals surface area contributed by atoms with Crippen molar-refractivity contribution in [3.63, 3.8) is 0 Å². The van der Waals surface area contributed by atoms with Gasteiger partial charge in [-0.2, -0.15) is 11.8 Å². The molecular formula is C15H22ClN3O2S. The van der Waals surface area contributed by atoms with Crippen LogP contribution >= 0.6 is 24.2 Å². The van der Waals surface area contributed by atoms with Gasteiger partial charge in [-0.25, -0.2) is 0 Å². The van der Waals surface area contributed by atoms with E-state index in [0.29, 0.717) is 6.42 Å². The molecule has 1 saturated heterocycles. The number of rotatable bonds is 4. The van der Waals surface area contributed by atoms with Crippen LogP contribution in [0.15, 0.2) is 18.2 Å². The molecule has 0 saturated carbocycles. The highest BCUT2D eigenvalue weighted by Crippen LogP contribution is 2.23. The van der Waals surface area contributed by atoms with Gasteiger partial charge in [0.05, 0.1) is 0 Å². The number of carbonyl (C=O) groups is 2. The lowest BCUT2D eigenvalue weighted by Gasteiger charge is -2.22. The van der Waals surface area contributed by atoms with Crippen molar-refractivity contribution in [2.45, 2.75) is 26.3 Å². The molecule has 0 aliphatic carbocycles. The Balaban J connectivity index is 0.00000242. The van der Waals surface area contributed by atoms with Crippen LogP contribution in [0.5, 0.6) is 0 Å². The van der Waals surface area contributed by atoms with Gasteiger partial charge in [-0.15, -0.1) is 12.4 Å². The van der Waals surface area contributed by atoms with E-state index in [0.717, 1.165) is 35.0 Å². The quantitative estimate of drug-likeness (QED) is 0.785. The van der Waals surface area contributed by atoms with Crippen molar-refractivity contribution in [3.8, 4) is 0 Å². The third-order valence-corrected chi connectivity index (χ3v) is 4.48. The standard InChI is InChI=1S/C15H21N3O2S.ClH/c1-10-13(17-11(2)19)4-3-5-14(10)18-15(20)8-12-9-21-7-6-16-12;/h3-5,12,16H,6-9H2,1-2H3,(H,17,19)(H,18,20);1H. The number of thioether (sulfide) groups is 1. The Bertz CT molecular complexity index is 534. The molecule has 5 nitrogen and oxygen atoms in total. The van der Waals surface area contributed by atoms with Crippen molar-refractivity contribution in [3.05, 3.63) is 23.8 Å². The fraction of sp³-hybridized carbons (Fsp3) is 0.467. The average molecular weight is 344 g/mol. The van der Waals surface area contributed by atoms with Crippen LogP contribution in [0.4, 0.5) is 11.4 Å². The summed E-state index contributed by atoms with van der Waals surface area (Å²) < 4.78 is 0. The summed E-state index contributed by atoms with van der Waals surface area (Å²) in [5.41, 5.74) is 2.34. The summed E-state index contributed by atoms with van der Waals surface area (Å²) in [5.74, 6) is 1.96. The minimum atomic E-state index is -0.120. The summed E-state index contributed by atoms with van der Waals surface area (Å²) in [6.45, 7) is 4.31. The molecule has 1 aromatic carbocycles. The van der Waals surface area contributed by atoms with Crippen molar-refractivity contribution >= 4 is 47.4 Å². The van der Waals surface area contributed by atoms with E-state index in [1.54, 1.807) is 0 Å². The van der Waals surface area contributed by atoms with Crippen molar-refractivity contribution in [2.24, 2.45) is 0 Å². The van der Waals surface area contributed by atoms with Gasteiger partial charge in [0.15, 0.2) is 0 Å². The number of hydrogen-bond acceptors (Lipinski definition) is 4. The minimum Gasteiger partial charge on any atom is -0.326 e. The summed E-state index contributed by atoms with van der Waals surface area (Å²) >= 11 is 1.87. The third kappa shape index (κ3) is 5.51. The maximum atomic E-state index is 12.1. The molecule has 2 rings (SSSR count). The van der Waals surface area contributed by atoms with E-state index in [1.807, 2.05) is 36.9 Å². The second-order valence-corrected chi connectivity index (χ2v) is 6.29. The molecular weight excluding hydrogens is 322 g/mol. The lowest BCUT2D eigenvalue weighted by atomic mass is 10.1. The van der Waals surface area contributed by atoms with Crippen molar-refractivity contribution in [2.75, 3.05) is 28.7 Å². The highest BCUT2D eigenvalue weighted by atomic mass is 35.5. The molecule has 1 aliphatic heterocycles. The molecule has 7 heteroatoms. The monoisotopic (exact) mass is 343 g/mol. The largest absolute Gasteiger partial charge is 0.326 e. The molecule has 122 valence electrons. The molecule has 1 fully saturated rings. The van der Waals surface area contributed by atoms with E-state index >= 15 is 0 Å². The highest BCUT2D eigenvalue weighted by molar-refractivity contribution is 7.99. The van der Waals surface area contributed by atoms with Crippen molar-refractivity contribution in [1.29, 1.82) is 0 Å². The molecule has 1 unspecified atom stereocenters. The number of halogens is 1. The Morgan fingerprint density at radius 3 is 2.59 bits per heavy atom. The lowest BCUT2D eigenvalue weighted by molar-refractivity contribution is -0.116. The first kappa shape index (κ1) is 18.8. The first-order valence-electron chi connectivity index (χ1n) is 7.04. The van der Waals surface area contributed by atoms with Gasteiger partial charge in [-0.1, -0.05) is 6.07 Å². The summed E-state index contributed by atoms with van der Waals surface area (Å²) in [6.07, 6.45) is 0.469. The van der Waals surface area contributed by atoms with E-state index in [9.17, 15) is 9.59 Å². The van der Waals surface area contributed by atoms with Crippen LogP contribution in [-0.2, 0) is 9.59 Å². The Kier molecular flexibility index (Phi) is 7.72. The third-order valence-electron chi connectivity index (χ3n) is 3.35. The fourth-order valence-electron chi connectivity index (χ4n) is 2.27. The molecule has 1 heterocycles. The summed E-state index contributed by atoms with van der Waals surface area (Å²) in [5, 5.41) is 9.04. The Morgan fingerprint density at radius 1 is 1.32 bits per heavy atom. The molecule has 1 atom stereocenters. The second kappa shape index (κ2) is 9.02. The first-order valence-corrected chi connectivity index (χ1v) is 8.20. The predicted molar refractivity (Wildman–Crippen MR) is 95.1 cm³/mol. The molecule has 0 radical (unpaired) electrons. The topological polar surface area (TPSA) is 70.2 Å². The van der Waals surface area contributed by atoms with Crippen LogP contribution in [-0.4, -0.2) is 35.9 Å². The van der Waals surface area contributed by atoms with Crippen molar-refractivity contribution < 1.29 is 9.59 Å². The molecule has 22 heavy (non-hydrogen) atoms. The van der Waals surface area contributed by atoms with Gasteiger partial charge in [0, 0.05) is 48.8 Å². The molecule has 2 amide bonds. The fourth-order valence-corrected chi connectivity index (χ4v) is 3.22. The van der Waals surface area contributed by atoms with E-state index in [1.165, 1.54) is 6.92 Å². The van der Waals surface area contributed by atoms with Gasteiger partial charge in [-0.3, -0.25) is 9.59 Å². The van der Waals surface area contributed by atoms with Gasteiger partial charge in [-0.05, 0) is 24.6 Å². The summed E-state index contributed by atoms with van der Waals surface area (Å²) in [7, 11) is 0. The van der Waals surface area contributed by atoms with Crippen LogP contribution in [0, 0.1) is 6.92 Å². The van der Waals surface area contributed by atoms with Crippen LogP contribution in [0.1, 0.15) is 18.9 Å². The van der Waals surface area contributed by atoms with Gasteiger partial charge in [0.25, 0.3) is 0 Å². The van der Waals surface area contributed by atoms with Gasteiger partial charge >= 0.3 is 0 Å². The average Bonchev–Trinajstić information content (AvgIpc) is 2.44. The van der Waals surface area contributed by atoms with Gasteiger partial charge in [0.1, 0.15) is 0 Å². The summed E-state index contributed by atoms with van der Waals surface area (Å²) in [6, 6.07) is 5.73. The van der Waals surface area contributed by atoms with Crippen molar-refractivity contribution in [1.82, 2.24) is 5.32 Å². The molecule has 0 bridgehead atoms. The molecule has 0 spiro atoms. The molecule has 0 aromatic heterocycles. The Morgan fingerprint density at radius 2 is 2.00 bits per heavy atom. The molecule has 1 aromatic rings. The molecule has 1 aliphatic rings. The number of nitrogens with one attached hydrogen (secondary N) is 3. The predicted octanol–water partition coefficient (Wildman–Crippen LogP) is 2.41. The van der Waals surface area contributed by atoms with E-state index in [4.69, 9.17) is 0 Å². The minimum absolute atomic E-state index is 0. The first-order chi connectivity index (χ1) is 10.1. The normalized spacial score (nSPS) is 17.3. The number of benzene rings is 1. The maximum Gasteiger partial charge on any atom is 0.225 e. The van der Waals surface area contributed by atoms with E-state index < -0.39 is 0 Å². The van der Waals surface area contributed by atoms with Gasteiger partial charge in [0.2, 0.25) is 11.8 Å². The van der Waals surface area contributed by atoms with E-state index in [2.05, 4.69) is 16.0 Å². The number of anilines is 2. The Labute approximate surface area is 141 Å².